The van der Waals surface area contributed by atoms with Crippen molar-refractivity contribution < 1.29 is 0 Å². The number of rotatable bonds is 5. The second kappa shape index (κ2) is 9.92. The molecule has 0 fully saturated rings. The molecule has 0 unspecified atom stereocenters. The Morgan fingerprint density at radius 3 is 1.74 bits per heavy atom. The predicted octanol–water partition coefficient (Wildman–Crippen LogP) is 10.2. The van der Waals surface area contributed by atoms with Gasteiger partial charge in [-0.05, 0) is 64.9 Å². The molecule has 0 saturated heterocycles. The van der Waals surface area contributed by atoms with E-state index < -0.39 is 0 Å². The quantitative estimate of drug-likeness (QED) is 0.235. The van der Waals surface area contributed by atoms with Gasteiger partial charge in [-0.3, -0.25) is 0 Å². The summed E-state index contributed by atoms with van der Waals surface area (Å²) < 4.78 is 0. The summed E-state index contributed by atoms with van der Waals surface area (Å²) in [6, 6.07) is 55.6. The Labute approximate surface area is 228 Å². The summed E-state index contributed by atoms with van der Waals surface area (Å²) >= 11 is 0. The molecule has 0 N–H and O–H groups in total. The second-order valence-corrected chi connectivity index (χ2v) is 9.69. The van der Waals surface area contributed by atoms with Crippen LogP contribution < -0.4 is 4.90 Å². The van der Waals surface area contributed by atoms with Crippen molar-refractivity contribution in [3.8, 4) is 22.4 Å². The molecule has 7 aromatic rings. The first-order valence-electron chi connectivity index (χ1n) is 13.2. The van der Waals surface area contributed by atoms with Crippen molar-refractivity contribution in [1.82, 2.24) is 4.98 Å². The molecule has 0 saturated carbocycles. The summed E-state index contributed by atoms with van der Waals surface area (Å²) in [6.45, 7) is 0. The summed E-state index contributed by atoms with van der Waals surface area (Å²) in [5.41, 5.74) is 8.74. The van der Waals surface area contributed by atoms with Crippen LogP contribution in [-0.2, 0) is 0 Å². The highest BCUT2D eigenvalue weighted by Gasteiger charge is 2.15. The van der Waals surface area contributed by atoms with Crippen LogP contribution in [0.1, 0.15) is 0 Å². The number of benzene rings is 6. The van der Waals surface area contributed by atoms with E-state index in [9.17, 15) is 0 Å². The fraction of sp³-hybridized carbons (Fsp3) is 0. The number of hydrogen-bond acceptors (Lipinski definition) is 2. The van der Waals surface area contributed by atoms with Crippen LogP contribution in [0, 0.1) is 0 Å². The van der Waals surface area contributed by atoms with Crippen LogP contribution in [0.4, 0.5) is 17.1 Å². The molecular formula is C37H26N2. The van der Waals surface area contributed by atoms with Crippen molar-refractivity contribution in [1.29, 1.82) is 0 Å². The zero-order chi connectivity index (χ0) is 26.0. The number of aromatic nitrogens is 1. The maximum absolute atomic E-state index is 5.09. The molecule has 6 aromatic carbocycles. The van der Waals surface area contributed by atoms with Gasteiger partial charge in [0.05, 0.1) is 11.2 Å². The molecule has 0 atom stereocenters. The van der Waals surface area contributed by atoms with E-state index in [0.29, 0.717) is 0 Å². The molecule has 1 aromatic heterocycles. The molecule has 0 aliphatic carbocycles. The monoisotopic (exact) mass is 498 g/mol. The van der Waals surface area contributed by atoms with Gasteiger partial charge >= 0.3 is 0 Å². The second-order valence-electron chi connectivity index (χ2n) is 9.69. The Morgan fingerprint density at radius 1 is 0.385 bits per heavy atom. The number of nitrogens with zero attached hydrogens (tertiary/aromatic N) is 2. The number of pyridine rings is 1. The molecule has 0 bridgehead atoms. The standard InChI is InChI=1S/C37H26N2/c1-3-12-29(13-4-1)37-35(26-31-15-9-10-18-36(31)38-37)28-20-22-33(23-21-28)39(32-16-5-2-6-17-32)34-24-19-27-11-7-8-14-30(27)25-34/h1-26H. The molecule has 2 nitrogen and oxygen atoms in total. The van der Waals surface area contributed by atoms with Gasteiger partial charge in [-0.1, -0.05) is 109 Å². The minimum atomic E-state index is 0.997. The molecule has 0 aliphatic heterocycles. The van der Waals surface area contributed by atoms with Gasteiger partial charge in [-0.2, -0.15) is 0 Å². The van der Waals surface area contributed by atoms with E-state index in [2.05, 4.69) is 150 Å². The SMILES string of the molecule is c1ccc(-c2nc3ccccc3cc2-c2ccc(N(c3ccccc3)c3ccc4ccccc4c3)cc2)cc1. The third-order valence-electron chi connectivity index (χ3n) is 7.21. The molecule has 0 spiro atoms. The fourth-order valence-electron chi connectivity index (χ4n) is 5.28. The summed E-state index contributed by atoms with van der Waals surface area (Å²) in [5.74, 6) is 0. The van der Waals surface area contributed by atoms with E-state index in [1.807, 2.05) is 12.1 Å². The summed E-state index contributed by atoms with van der Waals surface area (Å²) in [6.07, 6.45) is 0. The average molecular weight is 499 g/mol. The van der Waals surface area contributed by atoms with E-state index in [0.717, 1.165) is 50.3 Å². The Morgan fingerprint density at radius 2 is 0.974 bits per heavy atom. The molecule has 1 heterocycles. The first kappa shape index (κ1) is 22.9. The number of fused-ring (bicyclic) bond motifs is 2. The lowest BCUT2D eigenvalue weighted by Gasteiger charge is -2.26. The van der Waals surface area contributed by atoms with Crippen molar-refractivity contribution in [2.75, 3.05) is 4.90 Å². The highest BCUT2D eigenvalue weighted by atomic mass is 15.1. The predicted molar refractivity (Wildman–Crippen MR) is 165 cm³/mol. The Hall–Kier alpha value is -5.21. The van der Waals surface area contributed by atoms with Gasteiger partial charge in [0.1, 0.15) is 0 Å². The van der Waals surface area contributed by atoms with Gasteiger partial charge in [0.15, 0.2) is 0 Å². The molecule has 0 amide bonds. The summed E-state index contributed by atoms with van der Waals surface area (Å²) in [7, 11) is 0. The van der Waals surface area contributed by atoms with Crippen LogP contribution >= 0.6 is 0 Å². The van der Waals surface area contributed by atoms with E-state index in [4.69, 9.17) is 4.98 Å². The first-order valence-corrected chi connectivity index (χ1v) is 13.2. The van der Waals surface area contributed by atoms with Crippen molar-refractivity contribution in [3.05, 3.63) is 158 Å². The van der Waals surface area contributed by atoms with Crippen molar-refractivity contribution in [2.45, 2.75) is 0 Å². The number of hydrogen-bond donors (Lipinski definition) is 0. The highest BCUT2D eigenvalue weighted by molar-refractivity contribution is 5.93. The molecule has 7 rings (SSSR count). The Bertz CT molecular complexity index is 1890. The third kappa shape index (κ3) is 4.43. The van der Waals surface area contributed by atoms with E-state index >= 15 is 0 Å². The van der Waals surface area contributed by atoms with Gasteiger partial charge in [0.2, 0.25) is 0 Å². The minimum absolute atomic E-state index is 0.997. The molecule has 39 heavy (non-hydrogen) atoms. The number of anilines is 3. The lowest BCUT2D eigenvalue weighted by molar-refractivity contribution is 1.29. The number of para-hydroxylation sites is 2. The van der Waals surface area contributed by atoms with Gasteiger partial charge in [-0.25, -0.2) is 4.98 Å². The van der Waals surface area contributed by atoms with E-state index in [1.54, 1.807) is 0 Å². The highest BCUT2D eigenvalue weighted by Crippen LogP contribution is 2.38. The third-order valence-corrected chi connectivity index (χ3v) is 7.21. The van der Waals surface area contributed by atoms with Gasteiger partial charge in [-0.15, -0.1) is 0 Å². The molecule has 2 heteroatoms. The largest absolute Gasteiger partial charge is 0.310 e. The molecule has 0 radical (unpaired) electrons. The van der Waals surface area contributed by atoms with E-state index in [1.165, 1.54) is 10.8 Å². The molecule has 184 valence electrons. The van der Waals surface area contributed by atoms with Crippen molar-refractivity contribution in [3.63, 3.8) is 0 Å². The van der Waals surface area contributed by atoms with Crippen molar-refractivity contribution >= 4 is 38.7 Å². The van der Waals surface area contributed by atoms with Crippen LogP contribution in [0.3, 0.4) is 0 Å². The van der Waals surface area contributed by atoms with Gasteiger partial charge in [0, 0.05) is 33.6 Å². The van der Waals surface area contributed by atoms with Crippen LogP contribution in [0.25, 0.3) is 44.1 Å². The lowest BCUT2D eigenvalue weighted by Crippen LogP contribution is -2.09. The fourth-order valence-corrected chi connectivity index (χ4v) is 5.28. The van der Waals surface area contributed by atoms with Crippen molar-refractivity contribution in [2.24, 2.45) is 0 Å². The van der Waals surface area contributed by atoms with Gasteiger partial charge < -0.3 is 4.90 Å². The maximum Gasteiger partial charge on any atom is 0.0788 e. The van der Waals surface area contributed by atoms with Crippen LogP contribution in [0.2, 0.25) is 0 Å². The zero-order valence-corrected chi connectivity index (χ0v) is 21.4. The van der Waals surface area contributed by atoms with Crippen LogP contribution in [0.15, 0.2) is 158 Å². The minimum Gasteiger partial charge on any atom is -0.310 e. The topological polar surface area (TPSA) is 16.1 Å². The summed E-state index contributed by atoms with van der Waals surface area (Å²) in [5, 5.41) is 3.60. The zero-order valence-electron chi connectivity index (χ0n) is 21.4. The van der Waals surface area contributed by atoms with Crippen LogP contribution in [0.5, 0.6) is 0 Å². The normalized spacial score (nSPS) is 11.1. The van der Waals surface area contributed by atoms with E-state index in [-0.39, 0.29) is 0 Å². The Kier molecular flexibility index (Phi) is 5.84. The van der Waals surface area contributed by atoms with Gasteiger partial charge in [0.25, 0.3) is 0 Å². The first-order chi connectivity index (χ1) is 19.3. The Balaban J connectivity index is 1.35. The molecular weight excluding hydrogens is 472 g/mol. The average Bonchev–Trinajstić information content (AvgIpc) is 3.02. The lowest BCUT2D eigenvalue weighted by atomic mass is 9.97. The smallest absolute Gasteiger partial charge is 0.0788 e. The maximum atomic E-state index is 5.09. The molecule has 0 aliphatic rings. The van der Waals surface area contributed by atoms with Crippen LogP contribution in [-0.4, -0.2) is 4.98 Å². The summed E-state index contributed by atoms with van der Waals surface area (Å²) in [4.78, 5) is 7.41.